The summed E-state index contributed by atoms with van der Waals surface area (Å²) in [4.78, 5) is 16.6. The zero-order valence-electron chi connectivity index (χ0n) is 15.1. The molecule has 138 valence electrons. The van der Waals surface area contributed by atoms with Crippen LogP contribution in [0, 0.1) is 18.2 Å². The van der Waals surface area contributed by atoms with Crippen molar-refractivity contribution in [2.45, 2.75) is 45.6 Å². The Hall–Kier alpha value is -1.46. The number of carbonyl (C=O) groups is 1. The van der Waals surface area contributed by atoms with Gasteiger partial charge in [0.1, 0.15) is 5.82 Å². The second-order valence-corrected chi connectivity index (χ2v) is 7.79. The lowest BCUT2D eigenvalue weighted by Gasteiger charge is -2.48. The Bertz CT molecular complexity index is 622. The molecule has 0 aromatic heterocycles. The second-order valence-electron chi connectivity index (χ2n) is 7.79. The van der Waals surface area contributed by atoms with E-state index in [0.29, 0.717) is 24.9 Å². The van der Waals surface area contributed by atoms with Crippen molar-refractivity contribution in [3.8, 4) is 0 Å². The maximum absolute atomic E-state index is 13.5. The molecule has 1 aromatic carbocycles. The van der Waals surface area contributed by atoms with Gasteiger partial charge in [0, 0.05) is 44.6 Å². The van der Waals surface area contributed by atoms with Crippen molar-refractivity contribution < 1.29 is 14.3 Å². The van der Waals surface area contributed by atoms with Crippen molar-refractivity contribution in [1.82, 2.24) is 9.80 Å². The van der Waals surface area contributed by atoms with E-state index in [-0.39, 0.29) is 23.7 Å². The van der Waals surface area contributed by atoms with E-state index in [0.717, 1.165) is 51.0 Å². The van der Waals surface area contributed by atoms with Gasteiger partial charge in [-0.2, -0.15) is 0 Å². The summed E-state index contributed by atoms with van der Waals surface area (Å²) in [5, 5.41) is 9.06. The minimum atomic E-state index is -0.149. The third-order valence-electron chi connectivity index (χ3n) is 5.70. The lowest BCUT2D eigenvalue weighted by atomic mass is 9.73. The molecule has 2 aliphatic rings. The lowest BCUT2D eigenvalue weighted by Crippen LogP contribution is -2.54. The van der Waals surface area contributed by atoms with Gasteiger partial charge in [0.2, 0.25) is 5.91 Å². The highest BCUT2D eigenvalue weighted by molar-refractivity contribution is 5.77. The number of carbonyl (C=O) groups excluding carboxylic acids is 1. The third-order valence-corrected chi connectivity index (χ3v) is 5.70. The summed E-state index contributed by atoms with van der Waals surface area (Å²) >= 11 is 0. The molecule has 4 nitrogen and oxygen atoms in total. The van der Waals surface area contributed by atoms with E-state index in [1.807, 2.05) is 24.0 Å². The fourth-order valence-electron chi connectivity index (χ4n) is 4.41. The summed E-state index contributed by atoms with van der Waals surface area (Å²) in [6.45, 7) is 6.30. The molecule has 2 aliphatic heterocycles. The van der Waals surface area contributed by atoms with Crippen LogP contribution in [0.2, 0.25) is 0 Å². The minimum Gasteiger partial charge on any atom is -0.396 e. The van der Waals surface area contributed by atoms with Crippen molar-refractivity contribution >= 4 is 5.91 Å². The van der Waals surface area contributed by atoms with Crippen LogP contribution in [0.4, 0.5) is 4.39 Å². The van der Waals surface area contributed by atoms with Gasteiger partial charge >= 0.3 is 0 Å². The van der Waals surface area contributed by atoms with Crippen LogP contribution < -0.4 is 0 Å². The Morgan fingerprint density at radius 2 is 2.12 bits per heavy atom. The fourth-order valence-corrected chi connectivity index (χ4v) is 4.41. The van der Waals surface area contributed by atoms with Gasteiger partial charge < -0.3 is 10.0 Å². The van der Waals surface area contributed by atoms with Gasteiger partial charge in [-0.05, 0) is 56.3 Å². The molecule has 5 heteroatoms. The van der Waals surface area contributed by atoms with Gasteiger partial charge in [-0.1, -0.05) is 12.1 Å². The summed E-state index contributed by atoms with van der Waals surface area (Å²) in [5.41, 5.74) is 2.03. The van der Waals surface area contributed by atoms with Gasteiger partial charge in [0.05, 0.1) is 0 Å². The van der Waals surface area contributed by atoms with E-state index in [2.05, 4.69) is 4.90 Å². The maximum Gasteiger partial charge on any atom is 0.222 e. The van der Waals surface area contributed by atoms with Gasteiger partial charge in [0.25, 0.3) is 0 Å². The normalized spacial score (nSPS) is 24.9. The molecule has 0 unspecified atom stereocenters. The number of aryl methyl sites for hydroxylation is 1. The summed E-state index contributed by atoms with van der Waals surface area (Å²) in [5.74, 6) is 0.0783. The Kier molecular flexibility index (Phi) is 5.74. The number of piperidine rings is 2. The van der Waals surface area contributed by atoms with E-state index in [9.17, 15) is 9.18 Å². The monoisotopic (exact) mass is 348 g/mol. The molecule has 0 bridgehead atoms. The zero-order chi connectivity index (χ0) is 17.9. The molecule has 0 aliphatic carbocycles. The number of aliphatic hydroxyl groups is 1. The van der Waals surface area contributed by atoms with E-state index in [1.54, 1.807) is 6.07 Å². The van der Waals surface area contributed by atoms with Gasteiger partial charge in [-0.25, -0.2) is 4.39 Å². The smallest absolute Gasteiger partial charge is 0.222 e. The molecule has 1 amide bonds. The largest absolute Gasteiger partial charge is 0.396 e. The van der Waals surface area contributed by atoms with Gasteiger partial charge in [-0.3, -0.25) is 9.69 Å². The van der Waals surface area contributed by atoms with Crippen LogP contribution in [0.3, 0.4) is 0 Å². The van der Waals surface area contributed by atoms with Crippen LogP contribution in [-0.4, -0.2) is 53.6 Å². The number of nitrogens with zero attached hydrogens (tertiary/aromatic N) is 2. The standard InChI is InChI=1S/C20H29FN2O2/c1-16-12-17(4-5-18(16)21)13-22-9-2-7-20(14-22)8-6-19(25)23(15-20)10-3-11-24/h4-5,12,24H,2-3,6-11,13-15H2,1H3/t20-/m0/s1. The topological polar surface area (TPSA) is 43.8 Å². The number of hydrogen-bond acceptors (Lipinski definition) is 3. The summed E-state index contributed by atoms with van der Waals surface area (Å²) in [6, 6.07) is 5.37. The number of aliphatic hydroxyl groups excluding tert-OH is 1. The van der Waals surface area contributed by atoms with E-state index >= 15 is 0 Å². The third kappa shape index (κ3) is 4.39. The van der Waals surface area contributed by atoms with Gasteiger partial charge in [-0.15, -0.1) is 0 Å². The quantitative estimate of drug-likeness (QED) is 0.890. The summed E-state index contributed by atoms with van der Waals surface area (Å²) < 4.78 is 13.5. The van der Waals surface area contributed by atoms with Crippen LogP contribution in [-0.2, 0) is 11.3 Å². The number of amides is 1. The van der Waals surface area contributed by atoms with Crippen LogP contribution >= 0.6 is 0 Å². The molecular formula is C20H29FN2O2. The molecule has 1 N–H and O–H groups in total. The Labute approximate surface area is 149 Å². The number of rotatable bonds is 5. The van der Waals surface area contributed by atoms with Crippen molar-refractivity contribution in [1.29, 1.82) is 0 Å². The average Bonchev–Trinajstić information content (AvgIpc) is 2.59. The molecule has 0 radical (unpaired) electrons. The SMILES string of the molecule is Cc1cc(CN2CCC[C@]3(CCC(=O)N(CCCO)C3)C2)ccc1F. The van der Waals surface area contributed by atoms with Gasteiger partial charge in [0.15, 0.2) is 0 Å². The second kappa shape index (κ2) is 7.83. The van der Waals surface area contributed by atoms with Crippen LogP contribution in [0.25, 0.3) is 0 Å². The van der Waals surface area contributed by atoms with E-state index < -0.39 is 0 Å². The molecule has 2 fully saturated rings. The van der Waals surface area contributed by atoms with E-state index in [4.69, 9.17) is 5.11 Å². The Morgan fingerprint density at radius 1 is 1.28 bits per heavy atom. The Balaban J connectivity index is 1.65. The summed E-state index contributed by atoms with van der Waals surface area (Å²) in [7, 11) is 0. The molecule has 1 aromatic rings. The van der Waals surface area contributed by atoms with Crippen LogP contribution in [0.15, 0.2) is 18.2 Å². The fraction of sp³-hybridized carbons (Fsp3) is 0.650. The number of benzene rings is 1. The predicted molar refractivity (Wildman–Crippen MR) is 95.6 cm³/mol. The Morgan fingerprint density at radius 3 is 2.88 bits per heavy atom. The molecular weight excluding hydrogens is 319 g/mol. The minimum absolute atomic E-state index is 0.132. The highest BCUT2D eigenvalue weighted by Gasteiger charge is 2.41. The first-order chi connectivity index (χ1) is 12.0. The lowest BCUT2D eigenvalue weighted by molar-refractivity contribution is -0.139. The summed E-state index contributed by atoms with van der Waals surface area (Å²) in [6.07, 6.45) is 4.53. The number of halogens is 1. The van der Waals surface area contributed by atoms with E-state index in [1.165, 1.54) is 0 Å². The van der Waals surface area contributed by atoms with Crippen molar-refractivity contribution in [2.24, 2.45) is 5.41 Å². The molecule has 25 heavy (non-hydrogen) atoms. The first kappa shape index (κ1) is 18.3. The predicted octanol–water partition coefficient (Wildman–Crippen LogP) is 2.72. The number of hydrogen-bond donors (Lipinski definition) is 1. The van der Waals surface area contributed by atoms with Crippen molar-refractivity contribution in [2.75, 3.05) is 32.8 Å². The molecule has 2 heterocycles. The number of likely N-dealkylation sites (tertiary alicyclic amines) is 2. The highest BCUT2D eigenvalue weighted by atomic mass is 19.1. The highest BCUT2D eigenvalue weighted by Crippen LogP contribution is 2.39. The zero-order valence-corrected chi connectivity index (χ0v) is 15.1. The maximum atomic E-state index is 13.5. The molecule has 0 saturated carbocycles. The first-order valence-corrected chi connectivity index (χ1v) is 9.37. The van der Waals surface area contributed by atoms with Crippen LogP contribution in [0.5, 0.6) is 0 Å². The molecule has 2 saturated heterocycles. The average molecular weight is 348 g/mol. The van der Waals surface area contributed by atoms with Crippen molar-refractivity contribution in [3.63, 3.8) is 0 Å². The molecule has 3 rings (SSSR count). The van der Waals surface area contributed by atoms with Crippen LogP contribution in [0.1, 0.15) is 43.2 Å². The molecule has 1 spiro atoms. The molecule has 1 atom stereocenters. The van der Waals surface area contributed by atoms with Crippen molar-refractivity contribution in [3.05, 3.63) is 35.1 Å². The first-order valence-electron chi connectivity index (χ1n) is 9.37.